The Kier molecular flexibility index (Phi) is 5.22. The van der Waals surface area contributed by atoms with Gasteiger partial charge in [0.25, 0.3) is 0 Å². The van der Waals surface area contributed by atoms with Crippen LogP contribution in [0.15, 0.2) is 18.2 Å². The molecule has 0 aliphatic carbocycles. The second kappa shape index (κ2) is 6.44. The molecular formula is C13H18F2N2O. The summed E-state index contributed by atoms with van der Waals surface area (Å²) in [6.07, 6.45) is -0.186. The van der Waals surface area contributed by atoms with Crippen molar-refractivity contribution in [1.82, 2.24) is 5.32 Å². The maximum atomic E-state index is 13.3. The Morgan fingerprint density at radius 1 is 1.39 bits per heavy atom. The molecule has 1 rings (SSSR count). The molecular weight excluding hydrogens is 238 g/mol. The first kappa shape index (κ1) is 14.6. The van der Waals surface area contributed by atoms with Gasteiger partial charge in [-0.3, -0.25) is 4.79 Å². The normalized spacial score (nSPS) is 12.6. The van der Waals surface area contributed by atoms with Crippen molar-refractivity contribution in [3.8, 4) is 0 Å². The molecule has 0 saturated heterocycles. The number of benzene rings is 1. The van der Waals surface area contributed by atoms with Crippen LogP contribution in [0, 0.1) is 17.6 Å². The van der Waals surface area contributed by atoms with Crippen LogP contribution in [0.2, 0.25) is 0 Å². The lowest BCUT2D eigenvalue weighted by Crippen LogP contribution is -2.41. The summed E-state index contributed by atoms with van der Waals surface area (Å²) in [6, 6.07) is 3.64. The Labute approximate surface area is 105 Å². The summed E-state index contributed by atoms with van der Waals surface area (Å²) < 4.78 is 26.2. The van der Waals surface area contributed by atoms with Crippen LogP contribution in [-0.2, 0) is 11.2 Å². The number of rotatable bonds is 5. The van der Waals surface area contributed by atoms with Gasteiger partial charge < -0.3 is 11.1 Å². The summed E-state index contributed by atoms with van der Waals surface area (Å²) in [5, 5.41) is 2.61. The maximum absolute atomic E-state index is 13.3. The molecule has 3 nitrogen and oxygen atoms in total. The SMILES string of the molecule is CC(C)C(N)CNC(=O)Cc1cccc(F)c1F. The van der Waals surface area contributed by atoms with Gasteiger partial charge in [-0.1, -0.05) is 26.0 Å². The average Bonchev–Trinajstić information content (AvgIpc) is 2.32. The van der Waals surface area contributed by atoms with E-state index in [0.717, 1.165) is 6.07 Å². The molecule has 100 valence electrons. The Hall–Kier alpha value is -1.49. The van der Waals surface area contributed by atoms with Crippen LogP contribution in [0.1, 0.15) is 19.4 Å². The minimum absolute atomic E-state index is 0.0469. The minimum Gasteiger partial charge on any atom is -0.354 e. The van der Waals surface area contributed by atoms with Gasteiger partial charge in [-0.2, -0.15) is 0 Å². The molecule has 0 heterocycles. The lowest BCUT2D eigenvalue weighted by molar-refractivity contribution is -0.120. The number of nitrogens with two attached hydrogens (primary N) is 1. The molecule has 1 atom stereocenters. The summed E-state index contributed by atoms with van der Waals surface area (Å²) in [5.74, 6) is -2.04. The van der Waals surface area contributed by atoms with E-state index in [1.165, 1.54) is 12.1 Å². The third kappa shape index (κ3) is 4.07. The molecule has 18 heavy (non-hydrogen) atoms. The van der Waals surface area contributed by atoms with Gasteiger partial charge in [-0.25, -0.2) is 8.78 Å². The third-order valence-electron chi connectivity index (χ3n) is 2.77. The highest BCUT2D eigenvalue weighted by Gasteiger charge is 2.13. The lowest BCUT2D eigenvalue weighted by atomic mass is 10.1. The Bertz CT molecular complexity index is 421. The number of hydrogen-bond acceptors (Lipinski definition) is 2. The van der Waals surface area contributed by atoms with Crippen LogP contribution >= 0.6 is 0 Å². The standard InChI is InChI=1S/C13H18F2N2O/c1-8(2)11(16)7-17-12(18)6-9-4-3-5-10(14)13(9)15/h3-5,8,11H,6-7,16H2,1-2H3,(H,17,18). The van der Waals surface area contributed by atoms with E-state index in [1.54, 1.807) is 0 Å². The Morgan fingerprint density at radius 2 is 2.06 bits per heavy atom. The molecule has 0 saturated carbocycles. The van der Waals surface area contributed by atoms with Gasteiger partial charge in [-0.05, 0) is 12.0 Å². The van der Waals surface area contributed by atoms with Crippen molar-refractivity contribution >= 4 is 5.91 Å². The van der Waals surface area contributed by atoms with Gasteiger partial charge in [0.05, 0.1) is 6.42 Å². The minimum atomic E-state index is -0.971. The van der Waals surface area contributed by atoms with E-state index < -0.39 is 11.6 Å². The highest BCUT2D eigenvalue weighted by atomic mass is 19.2. The third-order valence-corrected chi connectivity index (χ3v) is 2.77. The summed E-state index contributed by atoms with van der Waals surface area (Å²) >= 11 is 0. The smallest absolute Gasteiger partial charge is 0.224 e. The molecule has 0 aliphatic rings. The topological polar surface area (TPSA) is 55.1 Å². The predicted molar refractivity (Wildman–Crippen MR) is 65.9 cm³/mol. The molecule has 1 aromatic rings. The fourth-order valence-electron chi connectivity index (χ4n) is 1.39. The molecule has 0 radical (unpaired) electrons. The zero-order valence-corrected chi connectivity index (χ0v) is 10.5. The van der Waals surface area contributed by atoms with E-state index in [9.17, 15) is 13.6 Å². The van der Waals surface area contributed by atoms with E-state index in [2.05, 4.69) is 5.32 Å². The maximum Gasteiger partial charge on any atom is 0.224 e. The van der Waals surface area contributed by atoms with E-state index >= 15 is 0 Å². The first-order chi connectivity index (χ1) is 8.41. The van der Waals surface area contributed by atoms with Gasteiger partial charge >= 0.3 is 0 Å². The fraction of sp³-hybridized carbons (Fsp3) is 0.462. The predicted octanol–water partition coefficient (Wildman–Crippen LogP) is 1.61. The van der Waals surface area contributed by atoms with Crippen molar-refractivity contribution < 1.29 is 13.6 Å². The molecule has 1 amide bonds. The average molecular weight is 256 g/mol. The molecule has 5 heteroatoms. The second-order valence-electron chi connectivity index (χ2n) is 4.60. The van der Waals surface area contributed by atoms with Gasteiger partial charge in [0.15, 0.2) is 11.6 Å². The molecule has 1 unspecified atom stereocenters. The van der Waals surface area contributed by atoms with Crippen molar-refractivity contribution in [2.24, 2.45) is 11.7 Å². The van der Waals surface area contributed by atoms with E-state index in [0.29, 0.717) is 6.54 Å². The zero-order valence-electron chi connectivity index (χ0n) is 10.5. The number of carbonyl (C=O) groups is 1. The quantitative estimate of drug-likeness (QED) is 0.841. The van der Waals surface area contributed by atoms with Gasteiger partial charge in [0.1, 0.15) is 0 Å². The summed E-state index contributed by atoms with van der Waals surface area (Å²) in [7, 11) is 0. The van der Waals surface area contributed by atoms with Crippen LogP contribution in [-0.4, -0.2) is 18.5 Å². The summed E-state index contributed by atoms with van der Waals surface area (Å²) in [4.78, 5) is 11.5. The van der Waals surface area contributed by atoms with Crippen molar-refractivity contribution in [2.45, 2.75) is 26.3 Å². The lowest BCUT2D eigenvalue weighted by Gasteiger charge is -2.16. The number of nitrogens with one attached hydrogen (secondary N) is 1. The molecule has 0 bridgehead atoms. The highest BCUT2D eigenvalue weighted by Crippen LogP contribution is 2.11. The van der Waals surface area contributed by atoms with Crippen molar-refractivity contribution in [2.75, 3.05) is 6.54 Å². The summed E-state index contributed by atoms with van der Waals surface area (Å²) in [6.45, 7) is 4.22. The molecule has 1 aromatic carbocycles. The number of carbonyl (C=O) groups excluding carboxylic acids is 1. The van der Waals surface area contributed by atoms with Crippen LogP contribution in [0.3, 0.4) is 0 Å². The number of halogens is 2. The van der Waals surface area contributed by atoms with Crippen LogP contribution < -0.4 is 11.1 Å². The van der Waals surface area contributed by atoms with Crippen LogP contribution in [0.4, 0.5) is 8.78 Å². The van der Waals surface area contributed by atoms with E-state index in [4.69, 9.17) is 5.73 Å². The molecule has 0 fully saturated rings. The monoisotopic (exact) mass is 256 g/mol. The van der Waals surface area contributed by atoms with Gasteiger partial charge in [0.2, 0.25) is 5.91 Å². The zero-order chi connectivity index (χ0) is 13.7. The van der Waals surface area contributed by atoms with Crippen molar-refractivity contribution in [1.29, 1.82) is 0 Å². The first-order valence-electron chi connectivity index (χ1n) is 5.87. The van der Waals surface area contributed by atoms with Crippen LogP contribution in [0.5, 0.6) is 0 Å². The van der Waals surface area contributed by atoms with E-state index in [1.807, 2.05) is 13.8 Å². The van der Waals surface area contributed by atoms with Crippen molar-refractivity contribution in [3.63, 3.8) is 0 Å². The second-order valence-corrected chi connectivity index (χ2v) is 4.60. The van der Waals surface area contributed by atoms with Gasteiger partial charge in [-0.15, -0.1) is 0 Å². The Balaban J connectivity index is 2.52. The van der Waals surface area contributed by atoms with Crippen molar-refractivity contribution in [3.05, 3.63) is 35.4 Å². The van der Waals surface area contributed by atoms with E-state index in [-0.39, 0.29) is 29.9 Å². The summed E-state index contributed by atoms with van der Waals surface area (Å²) in [5.41, 5.74) is 5.81. The first-order valence-corrected chi connectivity index (χ1v) is 5.87. The molecule has 0 aromatic heterocycles. The molecule has 3 N–H and O–H groups in total. The molecule has 0 aliphatic heterocycles. The fourth-order valence-corrected chi connectivity index (χ4v) is 1.39. The van der Waals surface area contributed by atoms with Gasteiger partial charge in [0, 0.05) is 18.2 Å². The number of amides is 1. The number of hydrogen-bond donors (Lipinski definition) is 2. The largest absolute Gasteiger partial charge is 0.354 e. The Morgan fingerprint density at radius 3 is 2.67 bits per heavy atom. The van der Waals surface area contributed by atoms with Crippen LogP contribution in [0.25, 0.3) is 0 Å². The molecule has 0 spiro atoms. The highest BCUT2D eigenvalue weighted by molar-refractivity contribution is 5.78.